The highest BCUT2D eigenvalue weighted by Crippen LogP contribution is 2.29. The van der Waals surface area contributed by atoms with Crippen LogP contribution >= 0.6 is 0 Å². The van der Waals surface area contributed by atoms with Crippen LogP contribution in [-0.2, 0) is 23.8 Å². The average Bonchev–Trinajstić information content (AvgIpc) is 2.38. The molecule has 1 aliphatic heterocycles. The van der Waals surface area contributed by atoms with Gasteiger partial charge in [-0.25, -0.2) is 9.59 Å². The molecule has 1 fully saturated rings. The predicted octanol–water partition coefficient (Wildman–Crippen LogP) is 0.933. The van der Waals surface area contributed by atoms with Crippen LogP contribution in [0.1, 0.15) is 34.6 Å². The van der Waals surface area contributed by atoms with E-state index >= 15 is 0 Å². The maximum absolute atomic E-state index is 11.8. The molecule has 1 N–H and O–H groups in total. The molecule has 6 heteroatoms. The minimum absolute atomic E-state index is 0.698. The van der Waals surface area contributed by atoms with Crippen molar-refractivity contribution in [2.75, 3.05) is 0 Å². The molecular weight excluding hydrogens is 228 g/mol. The molecule has 0 amide bonds. The number of ether oxygens (including phenoxy) is 3. The fourth-order valence-corrected chi connectivity index (χ4v) is 1.47. The summed E-state index contributed by atoms with van der Waals surface area (Å²) in [5, 5.41) is 8.95. The molecule has 98 valence electrons. The molecule has 1 aliphatic rings. The molecule has 2 atom stereocenters. The van der Waals surface area contributed by atoms with E-state index in [0.717, 1.165) is 0 Å². The average molecular weight is 246 g/mol. The Morgan fingerprint density at radius 1 is 1.18 bits per heavy atom. The van der Waals surface area contributed by atoms with Crippen LogP contribution in [0.4, 0.5) is 0 Å². The van der Waals surface area contributed by atoms with Crippen molar-refractivity contribution in [3.63, 3.8) is 0 Å². The van der Waals surface area contributed by atoms with Gasteiger partial charge in [0.2, 0.25) is 0 Å². The summed E-state index contributed by atoms with van der Waals surface area (Å²) in [5.41, 5.74) is -0.698. The zero-order valence-corrected chi connectivity index (χ0v) is 10.6. The Morgan fingerprint density at radius 3 is 2.06 bits per heavy atom. The molecule has 0 aromatic carbocycles. The van der Waals surface area contributed by atoms with Crippen molar-refractivity contribution in [1.82, 2.24) is 0 Å². The lowest BCUT2D eigenvalue weighted by molar-refractivity contribution is -0.178. The lowest BCUT2D eigenvalue weighted by atomic mass is 10.1. The van der Waals surface area contributed by atoms with Gasteiger partial charge in [-0.2, -0.15) is 0 Å². The van der Waals surface area contributed by atoms with E-state index in [1.807, 2.05) is 0 Å². The van der Waals surface area contributed by atoms with E-state index in [1.54, 1.807) is 34.6 Å². The fraction of sp³-hybridized carbons (Fsp3) is 0.818. The van der Waals surface area contributed by atoms with Gasteiger partial charge in [-0.3, -0.25) is 0 Å². The Labute approximate surface area is 99.8 Å². The third kappa shape index (κ3) is 3.67. The standard InChI is InChI=1S/C11H18O6/c1-10(2,3)17-9(14)7-6(8(12)13)15-11(4,5)16-7/h6-7H,1-5H3,(H,12,13)/t6-,7-/m1/s1. The first kappa shape index (κ1) is 13.9. The number of aliphatic carboxylic acids is 1. The highest BCUT2D eigenvalue weighted by molar-refractivity contribution is 5.85. The summed E-state index contributed by atoms with van der Waals surface area (Å²) in [6.07, 6.45) is -2.57. The van der Waals surface area contributed by atoms with Crippen LogP contribution in [0.2, 0.25) is 0 Å². The maximum Gasteiger partial charge on any atom is 0.339 e. The highest BCUT2D eigenvalue weighted by Gasteiger charge is 2.50. The van der Waals surface area contributed by atoms with Gasteiger partial charge in [0.1, 0.15) is 5.60 Å². The largest absolute Gasteiger partial charge is 0.479 e. The molecule has 0 bridgehead atoms. The summed E-state index contributed by atoms with van der Waals surface area (Å²) in [4.78, 5) is 22.7. The molecule has 0 aromatic heterocycles. The van der Waals surface area contributed by atoms with Gasteiger partial charge >= 0.3 is 11.9 Å². The minimum atomic E-state index is -1.33. The van der Waals surface area contributed by atoms with E-state index < -0.39 is 35.5 Å². The molecule has 0 unspecified atom stereocenters. The molecule has 1 rings (SSSR count). The van der Waals surface area contributed by atoms with Crippen LogP contribution in [0, 0.1) is 0 Å². The van der Waals surface area contributed by atoms with Crippen molar-refractivity contribution in [2.45, 2.75) is 58.2 Å². The number of rotatable bonds is 2. The van der Waals surface area contributed by atoms with E-state index in [1.165, 1.54) is 0 Å². The molecule has 0 saturated carbocycles. The molecule has 1 saturated heterocycles. The predicted molar refractivity (Wildman–Crippen MR) is 57.3 cm³/mol. The number of carbonyl (C=O) groups is 2. The number of carboxylic acids is 1. The summed E-state index contributed by atoms with van der Waals surface area (Å²) in [5.74, 6) is -3.08. The minimum Gasteiger partial charge on any atom is -0.479 e. The molecule has 0 aliphatic carbocycles. The Hall–Kier alpha value is -1.14. The van der Waals surface area contributed by atoms with Gasteiger partial charge in [-0.1, -0.05) is 0 Å². The SMILES string of the molecule is CC(C)(C)OC(=O)[C@@H]1OC(C)(C)O[C@H]1C(=O)O. The number of carboxylic acid groups (broad SMARTS) is 1. The Bertz CT molecular complexity index is 327. The van der Waals surface area contributed by atoms with E-state index in [-0.39, 0.29) is 0 Å². The maximum atomic E-state index is 11.8. The second-order valence-electron chi connectivity index (χ2n) is 5.35. The molecule has 6 nitrogen and oxygen atoms in total. The van der Waals surface area contributed by atoms with E-state index in [9.17, 15) is 9.59 Å². The number of carbonyl (C=O) groups excluding carboxylic acids is 1. The van der Waals surface area contributed by atoms with Gasteiger partial charge in [-0.15, -0.1) is 0 Å². The molecule has 17 heavy (non-hydrogen) atoms. The topological polar surface area (TPSA) is 82.1 Å². The van der Waals surface area contributed by atoms with E-state index in [4.69, 9.17) is 19.3 Å². The van der Waals surface area contributed by atoms with Crippen molar-refractivity contribution in [1.29, 1.82) is 0 Å². The van der Waals surface area contributed by atoms with Crippen molar-refractivity contribution in [2.24, 2.45) is 0 Å². The molecule has 0 spiro atoms. The molecular formula is C11H18O6. The molecule has 0 radical (unpaired) electrons. The quantitative estimate of drug-likeness (QED) is 0.730. The van der Waals surface area contributed by atoms with Crippen LogP contribution < -0.4 is 0 Å². The van der Waals surface area contributed by atoms with Gasteiger partial charge in [0.25, 0.3) is 0 Å². The summed E-state index contributed by atoms with van der Waals surface area (Å²) in [6.45, 7) is 8.19. The highest BCUT2D eigenvalue weighted by atomic mass is 16.8. The summed E-state index contributed by atoms with van der Waals surface area (Å²) in [7, 11) is 0. The zero-order chi connectivity index (χ0) is 13.4. The van der Waals surface area contributed by atoms with Crippen molar-refractivity contribution in [3.8, 4) is 0 Å². The van der Waals surface area contributed by atoms with Gasteiger partial charge in [-0.05, 0) is 34.6 Å². The summed E-state index contributed by atoms with van der Waals surface area (Å²) >= 11 is 0. The van der Waals surface area contributed by atoms with Crippen LogP contribution in [-0.4, -0.2) is 40.6 Å². The monoisotopic (exact) mass is 246 g/mol. The lowest BCUT2D eigenvalue weighted by Gasteiger charge is -2.22. The fourth-order valence-electron chi connectivity index (χ4n) is 1.47. The van der Waals surface area contributed by atoms with Crippen molar-refractivity contribution >= 4 is 11.9 Å². The molecule has 0 aromatic rings. The second kappa shape index (κ2) is 4.27. The first-order chi connectivity index (χ1) is 7.52. The summed E-state index contributed by atoms with van der Waals surface area (Å²) < 4.78 is 15.5. The van der Waals surface area contributed by atoms with Crippen LogP contribution in [0.5, 0.6) is 0 Å². The lowest BCUT2D eigenvalue weighted by Crippen LogP contribution is -2.41. The van der Waals surface area contributed by atoms with Gasteiger partial charge in [0.05, 0.1) is 0 Å². The third-order valence-electron chi connectivity index (χ3n) is 1.98. The van der Waals surface area contributed by atoms with Gasteiger partial charge in [0.15, 0.2) is 18.0 Å². The second-order valence-corrected chi connectivity index (χ2v) is 5.35. The summed E-state index contributed by atoms with van der Waals surface area (Å²) in [6, 6.07) is 0. The first-order valence-corrected chi connectivity index (χ1v) is 5.33. The Kier molecular flexibility index (Phi) is 3.50. The number of esters is 1. The molecule has 1 heterocycles. The van der Waals surface area contributed by atoms with Gasteiger partial charge in [0, 0.05) is 0 Å². The van der Waals surface area contributed by atoms with Crippen LogP contribution in [0.15, 0.2) is 0 Å². The normalized spacial score (nSPS) is 27.8. The van der Waals surface area contributed by atoms with Crippen LogP contribution in [0.3, 0.4) is 0 Å². The zero-order valence-electron chi connectivity index (χ0n) is 10.6. The third-order valence-corrected chi connectivity index (χ3v) is 1.98. The van der Waals surface area contributed by atoms with Crippen LogP contribution in [0.25, 0.3) is 0 Å². The first-order valence-electron chi connectivity index (χ1n) is 5.33. The van der Waals surface area contributed by atoms with Crippen molar-refractivity contribution in [3.05, 3.63) is 0 Å². The number of hydrogen-bond donors (Lipinski definition) is 1. The van der Waals surface area contributed by atoms with Crippen molar-refractivity contribution < 1.29 is 28.9 Å². The number of hydrogen-bond acceptors (Lipinski definition) is 5. The van der Waals surface area contributed by atoms with Gasteiger partial charge < -0.3 is 19.3 Å². The Morgan fingerprint density at radius 2 is 1.65 bits per heavy atom. The Balaban J connectivity index is 2.81. The van der Waals surface area contributed by atoms with E-state index in [2.05, 4.69) is 0 Å². The smallest absolute Gasteiger partial charge is 0.339 e. The van der Waals surface area contributed by atoms with E-state index in [0.29, 0.717) is 0 Å².